The van der Waals surface area contributed by atoms with Crippen LogP contribution in [0.3, 0.4) is 0 Å². The topological polar surface area (TPSA) is 33.2 Å². The fourth-order valence-corrected chi connectivity index (χ4v) is 1.66. The molecule has 0 aliphatic carbocycles. The van der Waals surface area contributed by atoms with Gasteiger partial charge in [-0.15, -0.1) is 0 Å². The van der Waals surface area contributed by atoms with Gasteiger partial charge in [-0.05, 0) is 25.5 Å². The first kappa shape index (κ1) is 12.0. The van der Waals surface area contributed by atoms with Gasteiger partial charge in [0.25, 0.3) is 5.91 Å². The first-order valence-corrected chi connectivity index (χ1v) is 5.32. The molecule has 0 aliphatic rings. The Kier molecular flexibility index (Phi) is 4.09. The van der Waals surface area contributed by atoms with Crippen LogP contribution < -0.4 is 0 Å². The molecule has 0 saturated carbocycles. The summed E-state index contributed by atoms with van der Waals surface area (Å²) in [4.78, 5) is 17.6. The van der Waals surface area contributed by atoms with Crippen molar-refractivity contribution in [3.8, 4) is 0 Å². The number of halogens is 1. The van der Waals surface area contributed by atoms with E-state index in [4.69, 9.17) is 11.6 Å². The Morgan fingerprint density at radius 1 is 1.53 bits per heavy atom. The lowest BCUT2D eigenvalue weighted by Gasteiger charge is -2.16. The maximum Gasteiger partial charge on any atom is 0.253 e. The van der Waals surface area contributed by atoms with E-state index in [2.05, 4.69) is 4.98 Å². The molecule has 0 saturated heterocycles. The fourth-order valence-electron chi connectivity index (χ4n) is 1.41. The van der Waals surface area contributed by atoms with Crippen molar-refractivity contribution in [2.45, 2.75) is 20.3 Å². The van der Waals surface area contributed by atoms with Crippen molar-refractivity contribution < 1.29 is 4.79 Å². The Hall–Kier alpha value is -1.09. The highest BCUT2D eigenvalue weighted by atomic mass is 35.5. The minimum absolute atomic E-state index is 0.00995. The molecule has 3 nitrogen and oxygen atoms in total. The van der Waals surface area contributed by atoms with Gasteiger partial charge in [0.05, 0.1) is 0 Å². The summed E-state index contributed by atoms with van der Waals surface area (Å²) in [5.74, 6) is -0.00995. The first-order valence-electron chi connectivity index (χ1n) is 4.94. The standard InChI is InChI=1S/C11H15ClN2O/c1-4-5-14(3)11(15)9-6-8(2)13-10(12)7-9/h6-7H,4-5H2,1-3H3. The van der Waals surface area contributed by atoms with Crippen LogP contribution in [0.5, 0.6) is 0 Å². The molecule has 82 valence electrons. The number of hydrogen-bond acceptors (Lipinski definition) is 2. The molecule has 15 heavy (non-hydrogen) atoms. The van der Waals surface area contributed by atoms with Crippen LogP contribution in [0.15, 0.2) is 12.1 Å². The predicted octanol–water partition coefficient (Wildman–Crippen LogP) is 2.53. The lowest BCUT2D eigenvalue weighted by molar-refractivity contribution is 0.0795. The Balaban J connectivity index is 2.90. The van der Waals surface area contributed by atoms with E-state index >= 15 is 0 Å². The zero-order chi connectivity index (χ0) is 11.4. The predicted molar refractivity (Wildman–Crippen MR) is 61.2 cm³/mol. The fraction of sp³-hybridized carbons (Fsp3) is 0.455. The number of pyridine rings is 1. The van der Waals surface area contributed by atoms with Gasteiger partial charge < -0.3 is 4.90 Å². The van der Waals surface area contributed by atoms with Gasteiger partial charge in [0, 0.05) is 24.8 Å². The molecule has 1 amide bonds. The van der Waals surface area contributed by atoms with Gasteiger partial charge in [0.15, 0.2) is 0 Å². The summed E-state index contributed by atoms with van der Waals surface area (Å²) < 4.78 is 0. The van der Waals surface area contributed by atoms with Crippen molar-refractivity contribution in [3.63, 3.8) is 0 Å². The molecular weight excluding hydrogens is 212 g/mol. The molecule has 1 aromatic rings. The number of rotatable bonds is 3. The molecule has 0 aliphatic heterocycles. The van der Waals surface area contributed by atoms with E-state index in [0.29, 0.717) is 10.7 Å². The van der Waals surface area contributed by atoms with Gasteiger partial charge in [-0.1, -0.05) is 18.5 Å². The van der Waals surface area contributed by atoms with Gasteiger partial charge in [-0.25, -0.2) is 4.98 Å². The van der Waals surface area contributed by atoms with Crippen LogP contribution in [-0.2, 0) is 0 Å². The highest BCUT2D eigenvalue weighted by molar-refractivity contribution is 6.29. The van der Waals surface area contributed by atoms with Crippen molar-refractivity contribution in [2.75, 3.05) is 13.6 Å². The van der Waals surface area contributed by atoms with E-state index in [1.54, 1.807) is 24.1 Å². The third-order valence-corrected chi connectivity index (χ3v) is 2.27. The summed E-state index contributed by atoms with van der Waals surface area (Å²) in [5.41, 5.74) is 1.36. The molecule has 0 radical (unpaired) electrons. The second kappa shape index (κ2) is 5.12. The Morgan fingerprint density at radius 2 is 2.20 bits per heavy atom. The van der Waals surface area contributed by atoms with Crippen LogP contribution in [0.25, 0.3) is 0 Å². The van der Waals surface area contributed by atoms with Crippen LogP contribution in [-0.4, -0.2) is 29.4 Å². The monoisotopic (exact) mass is 226 g/mol. The van der Waals surface area contributed by atoms with E-state index in [-0.39, 0.29) is 5.91 Å². The van der Waals surface area contributed by atoms with Gasteiger partial charge in [0.2, 0.25) is 0 Å². The second-order valence-electron chi connectivity index (χ2n) is 3.55. The van der Waals surface area contributed by atoms with Crippen molar-refractivity contribution >= 4 is 17.5 Å². The van der Waals surface area contributed by atoms with Crippen molar-refractivity contribution in [1.29, 1.82) is 0 Å². The summed E-state index contributed by atoms with van der Waals surface area (Å²) in [6.45, 7) is 4.61. The molecule has 0 bridgehead atoms. The minimum Gasteiger partial charge on any atom is -0.342 e. The normalized spacial score (nSPS) is 10.1. The van der Waals surface area contributed by atoms with Crippen LogP contribution in [0.1, 0.15) is 29.4 Å². The molecular formula is C11H15ClN2O. The Bertz CT molecular complexity index is 345. The van der Waals surface area contributed by atoms with Crippen molar-refractivity contribution in [3.05, 3.63) is 28.5 Å². The number of aromatic nitrogens is 1. The summed E-state index contributed by atoms with van der Waals surface area (Å²) in [6, 6.07) is 3.35. The average molecular weight is 227 g/mol. The number of carbonyl (C=O) groups is 1. The summed E-state index contributed by atoms with van der Waals surface area (Å²) >= 11 is 5.79. The number of nitrogens with zero attached hydrogens (tertiary/aromatic N) is 2. The lowest BCUT2D eigenvalue weighted by Crippen LogP contribution is -2.27. The van der Waals surface area contributed by atoms with Crippen molar-refractivity contribution in [1.82, 2.24) is 9.88 Å². The second-order valence-corrected chi connectivity index (χ2v) is 3.93. The van der Waals surface area contributed by atoms with Crippen LogP contribution in [0.4, 0.5) is 0 Å². The molecule has 4 heteroatoms. The first-order chi connectivity index (χ1) is 7.04. The number of amides is 1. The largest absolute Gasteiger partial charge is 0.342 e. The van der Waals surface area contributed by atoms with Crippen molar-refractivity contribution in [2.24, 2.45) is 0 Å². The third-order valence-electron chi connectivity index (χ3n) is 2.07. The number of hydrogen-bond donors (Lipinski definition) is 0. The van der Waals surface area contributed by atoms with E-state index < -0.39 is 0 Å². The van der Waals surface area contributed by atoms with E-state index in [9.17, 15) is 4.79 Å². The third kappa shape index (κ3) is 3.20. The molecule has 0 aromatic carbocycles. The van der Waals surface area contributed by atoms with Crippen LogP contribution >= 0.6 is 11.6 Å². The molecule has 0 unspecified atom stereocenters. The minimum atomic E-state index is -0.00995. The van der Waals surface area contributed by atoms with Gasteiger partial charge in [-0.3, -0.25) is 4.79 Å². The lowest BCUT2D eigenvalue weighted by atomic mass is 10.2. The zero-order valence-corrected chi connectivity index (χ0v) is 10.0. The maximum absolute atomic E-state index is 11.9. The van der Waals surface area contributed by atoms with Gasteiger partial charge >= 0.3 is 0 Å². The molecule has 1 aromatic heterocycles. The molecule has 0 atom stereocenters. The average Bonchev–Trinajstić information content (AvgIpc) is 2.15. The Labute approximate surface area is 95.1 Å². The molecule has 1 heterocycles. The smallest absolute Gasteiger partial charge is 0.253 e. The summed E-state index contributed by atoms with van der Waals surface area (Å²) in [5, 5.41) is 0.364. The van der Waals surface area contributed by atoms with E-state index in [1.807, 2.05) is 13.8 Å². The summed E-state index contributed by atoms with van der Waals surface area (Å²) in [6.07, 6.45) is 0.944. The molecule has 0 spiro atoms. The quantitative estimate of drug-likeness (QED) is 0.743. The van der Waals surface area contributed by atoms with Crippen LogP contribution in [0.2, 0.25) is 5.15 Å². The van der Waals surface area contributed by atoms with Crippen LogP contribution in [0, 0.1) is 6.92 Å². The van der Waals surface area contributed by atoms with E-state index in [0.717, 1.165) is 18.7 Å². The Morgan fingerprint density at radius 3 is 2.73 bits per heavy atom. The number of aryl methyl sites for hydroxylation is 1. The highest BCUT2D eigenvalue weighted by Crippen LogP contribution is 2.12. The van der Waals surface area contributed by atoms with E-state index in [1.165, 1.54) is 0 Å². The number of carbonyl (C=O) groups excluding carboxylic acids is 1. The highest BCUT2D eigenvalue weighted by Gasteiger charge is 2.11. The molecule has 1 rings (SSSR count). The summed E-state index contributed by atoms with van der Waals surface area (Å²) in [7, 11) is 1.79. The van der Waals surface area contributed by atoms with Gasteiger partial charge in [-0.2, -0.15) is 0 Å². The molecule has 0 N–H and O–H groups in total. The maximum atomic E-state index is 11.9. The zero-order valence-electron chi connectivity index (χ0n) is 9.25. The molecule has 0 fully saturated rings. The van der Waals surface area contributed by atoms with Gasteiger partial charge in [0.1, 0.15) is 5.15 Å². The SMILES string of the molecule is CCCN(C)C(=O)c1cc(C)nc(Cl)c1.